The summed E-state index contributed by atoms with van der Waals surface area (Å²) < 4.78 is 32.8. The molecule has 0 bridgehead atoms. The Balaban J connectivity index is 1.73. The first-order chi connectivity index (χ1) is 19.9. The minimum absolute atomic E-state index is 0.0379. The Morgan fingerprint density at radius 2 is 1.81 bits per heavy atom. The van der Waals surface area contributed by atoms with E-state index in [9.17, 15) is 22.8 Å². The second-order valence-electron chi connectivity index (χ2n) is 9.81. The van der Waals surface area contributed by atoms with E-state index in [1.54, 1.807) is 43.6 Å². The van der Waals surface area contributed by atoms with Gasteiger partial charge in [-0.2, -0.15) is 0 Å². The maximum absolute atomic E-state index is 13.2. The molecule has 0 aliphatic heterocycles. The van der Waals surface area contributed by atoms with Gasteiger partial charge in [0.25, 0.3) is 0 Å². The molecule has 0 saturated heterocycles. The number of hydrogen-bond acceptors (Lipinski definition) is 7. The minimum Gasteiger partial charge on any atom is -0.497 e. The number of carbonyl (C=O) groups excluding carboxylic acids is 3. The third-order valence-electron chi connectivity index (χ3n) is 6.66. The zero-order valence-electron chi connectivity index (χ0n) is 23.5. The molecule has 2 aromatic carbocycles. The monoisotopic (exact) mass is 599 g/mol. The van der Waals surface area contributed by atoms with Gasteiger partial charge in [0.15, 0.2) is 0 Å². The number of ether oxygens (including phenoxy) is 1. The first-order valence-corrected chi connectivity index (χ1v) is 15.0. The molecular formula is C28H37N7O6S. The van der Waals surface area contributed by atoms with Crippen molar-refractivity contribution in [1.82, 2.24) is 20.3 Å². The Bertz CT molecular complexity index is 1540. The summed E-state index contributed by atoms with van der Waals surface area (Å²) in [6.45, 7) is 1.62. The number of aromatic nitrogens is 1. The molecule has 14 heteroatoms. The van der Waals surface area contributed by atoms with Gasteiger partial charge < -0.3 is 31.8 Å². The molecule has 0 aliphatic carbocycles. The van der Waals surface area contributed by atoms with Crippen molar-refractivity contribution in [1.29, 1.82) is 5.41 Å². The number of aromatic amines is 1. The number of H-pyrrole nitrogens is 1. The molecule has 226 valence electrons. The van der Waals surface area contributed by atoms with Crippen molar-refractivity contribution in [3.8, 4) is 5.75 Å². The topological polar surface area (TPSA) is 222 Å². The number of benzene rings is 2. The summed E-state index contributed by atoms with van der Waals surface area (Å²) >= 11 is 0. The number of sulfonamides is 1. The van der Waals surface area contributed by atoms with Gasteiger partial charge in [0, 0.05) is 48.1 Å². The predicted molar refractivity (Wildman–Crippen MR) is 159 cm³/mol. The van der Waals surface area contributed by atoms with Gasteiger partial charge in [0.05, 0.1) is 12.9 Å². The first kappa shape index (κ1) is 32.1. The van der Waals surface area contributed by atoms with Gasteiger partial charge in [0.2, 0.25) is 27.7 Å². The van der Waals surface area contributed by atoms with Crippen LogP contribution >= 0.6 is 0 Å². The van der Waals surface area contributed by atoms with Crippen LogP contribution in [0.5, 0.6) is 5.75 Å². The van der Waals surface area contributed by atoms with Gasteiger partial charge in [-0.3, -0.25) is 19.8 Å². The van der Waals surface area contributed by atoms with E-state index >= 15 is 0 Å². The fourth-order valence-corrected chi connectivity index (χ4v) is 5.20. The van der Waals surface area contributed by atoms with Crippen molar-refractivity contribution < 1.29 is 27.5 Å². The van der Waals surface area contributed by atoms with Gasteiger partial charge in [-0.25, -0.2) is 13.1 Å². The highest BCUT2D eigenvalue weighted by molar-refractivity contribution is 7.89. The van der Waals surface area contributed by atoms with Crippen LogP contribution in [0.2, 0.25) is 0 Å². The number of rotatable bonds is 16. The van der Waals surface area contributed by atoms with Gasteiger partial charge in [-0.15, -0.1) is 0 Å². The zero-order chi connectivity index (χ0) is 30.9. The maximum Gasteiger partial charge on any atom is 0.242 e. The van der Waals surface area contributed by atoms with E-state index in [1.807, 2.05) is 12.1 Å². The van der Waals surface area contributed by atoms with E-state index in [1.165, 1.54) is 6.92 Å². The molecule has 2 atom stereocenters. The van der Waals surface area contributed by atoms with Gasteiger partial charge in [-0.1, -0.05) is 24.3 Å². The summed E-state index contributed by atoms with van der Waals surface area (Å²) in [5.41, 5.74) is 13.6. The third kappa shape index (κ3) is 9.31. The summed E-state index contributed by atoms with van der Waals surface area (Å²) in [5.74, 6) is -1.37. The number of hydrogen-bond donors (Lipinski definition) is 7. The largest absolute Gasteiger partial charge is 0.497 e. The van der Waals surface area contributed by atoms with Crippen molar-refractivity contribution >= 4 is 44.5 Å². The van der Waals surface area contributed by atoms with Gasteiger partial charge in [-0.05, 0) is 49.1 Å². The van der Waals surface area contributed by atoms with Crippen LogP contribution in [0.4, 0.5) is 0 Å². The molecule has 3 rings (SSSR count). The maximum atomic E-state index is 13.2. The van der Waals surface area contributed by atoms with Crippen LogP contribution in [-0.4, -0.2) is 61.9 Å². The molecule has 3 aromatic rings. The highest BCUT2D eigenvalue weighted by atomic mass is 32.2. The van der Waals surface area contributed by atoms with E-state index in [4.69, 9.17) is 21.6 Å². The number of amides is 3. The first-order valence-electron chi connectivity index (χ1n) is 13.3. The molecular weight excluding hydrogens is 562 g/mol. The Hall–Kier alpha value is -4.43. The summed E-state index contributed by atoms with van der Waals surface area (Å²) in [5, 5.41) is 13.7. The highest BCUT2D eigenvalue weighted by Crippen LogP contribution is 2.25. The molecule has 0 spiro atoms. The number of carbonyl (C=O) groups is 3. The van der Waals surface area contributed by atoms with Crippen molar-refractivity contribution in [2.24, 2.45) is 11.5 Å². The number of methoxy groups -OCH3 is 1. The Morgan fingerprint density at radius 1 is 1.10 bits per heavy atom. The summed E-state index contributed by atoms with van der Waals surface area (Å²) in [6.07, 6.45) is 1.50. The molecule has 1 heterocycles. The number of amidine groups is 1. The fraction of sp³-hybridized carbons (Fsp3) is 0.357. The fourth-order valence-electron chi connectivity index (χ4n) is 4.36. The summed E-state index contributed by atoms with van der Waals surface area (Å²) in [4.78, 5) is 40.7. The second kappa shape index (κ2) is 14.5. The molecule has 42 heavy (non-hydrogen) atoms. The molecule has 3 amide bonds. The van der Waals surface area contributed by atoms with Crippen molar-refractivity contribution in [3.63, 3.8) is 0 Å². The van der Waals surface area contributed by atoms with Crippen molar-refractivity contribution in [3.05, 3.63) is 65.4 Å². The molecule has 0 aliphatic rings. The van der Waals surface area contributed by atoms with E-state index in [0.29, 0.717) is 11.3 Å². The van der Waals surface area contributed by atoms with Gasteiger partial charge in [0.1, 0.15) is 17.6 Å². The lowest BCUT2D eigenvalue weighted by Crippen LogP contribution is -2.49. The van der Waals surface area contributed by atoms with E-state index < -0.39 is 39.8 Å². The minimum atomic E-state index is -3.67. The highest BCUT2D eigenvalue weighted by Gasteiger charge is 2.26. The predicted octanol–water partition coefficient (Wildman–Crippen LogP) is 0.768. The Labute approximate surface area is 244 Å². The molecule has 1 aromatic heterocycles. The number of nitrogens with two attached hydrogens (primary N) is 2. The van der Waals surface area contributed by atoms with E-state index in [2.05, 4.69) is 20.3 Å². The van der Waals surface area contributed by atoms with Crippen LogP contribution in [0.1, 0.15) is 42.9 Å². The SMILES string of the molecule is CCS(=O)(=O)NC(CC(=O)NC(CCC(N)=O)C(=O)NCc1ccc(C(=N)N)cc1)Cc1c[nH]c2ccc(OC)cc12. The summed E-state index contributed by atoms with van der Waals surface area (Å²) in [7, 11) is -2.13. The average molecular weight is 600 g/mol. The van der Waals surface area contributed by atoms with Crippen LogP contribution in [0.25, 0.3) is 10.9 Å². The second-order valence-corrected chi connectivity index (χ2v) is 11.8. The normalized spacial score (nSPS) is 12.8. The van der Waals surface area contributed by atoms with E-state index in [-0.39, 0.29) is 43.8 Å². The number of nitrogens with one attached hydrogen (secondary N) is 5. The van der Waals surface area contributed by atoms with Crippen LogP contribution in [0, 0.1) is 5.41 Å². The smallest absolute Gasteiger partial charge is 0.242 e. The Morgan fingerprint density at radius 3 is 2.43 bits per heavy atom. The lowest BCUT2D eigenvalue weighted by atomic mass is 10.0. The lowest BCUT2D eigenvalue weighted by molar-refractivity contribution is -0.130. The summed E-state index contributed by atoms with van der Waals surface area (Å²) in [6, 6.07) is 10.3. The van der Waals surface area contributed by atoms with Crippen LogP contribution in [-0.2, 0) is 37.4 Å². The molecule has 0 fully saturated rings. The van der Waals surface area contributed by atoms with E-state index in [0.717, 1.165) is 22.0 Å². The molecule has 9 N–H and O–H groups in total. The van der Waals surface area contributed by atoms with Crippen LogP contribution in [0.3, 0.4) is 0 Å². The molecule has 0 saturated carbocycles. The standard InChI is InChI=1S/C28H37N7O6S/c1-3-42(39,40)35-20(12-19-16-32-23-9-8-21(41-2)14-22(19)23)13-26(37)34-24(10-11-25(29)36)28(38)33-15-17-4-6-18(7-5-17)27(30)31/h4-9,14,16,20,24,32,35H,3,10-13,15H2,1-2H3,(H2,29,36)(H3,30,31)(H,33,38)(H,34,37). The molecule has 2 unspecified atom stereocenters. The lowest BCUT2D eigenvalue weighted by Gasteiger charge is -2.21. The number of primary amides is 1. The Kier molecular flexibility index (Phi) is 11.0. The zero-order valence-corrected chi connectivity index (χ0v) is 24.3. The van der Waals surface area contributed by atoms with Crippen molar-refractivity contribution in [2.75, 3.05) is 12.9 Å². The van der Waals surface area contributed by atoms with Crippen molar-refractivity contribution in [2.45, 2.75) is 51.2 Å². The van der Waals surface area contributed by atoms with Gasteiger partial charge >= 0.3 is 0 Å². The number of nitrogen functional groups attached to an aromatic ring is 1. The molecule has 0 radical (unpaired) electrons. The van der Waals surface area contributed by atoms with Crippen LogP contribution < -0.4 is 31.6 Å². The number of fused-ring (bicyclic) bond motifs is 1. The third-order valence-corrected chi connectivity index (χ3v) is 8.11. The molecule has 13 nitrogen and oxygen atoms in total. The quantitative estimate of drug-likeness (QED) is 0.0924. The van der Waals surface area contributed by atoms with Crippen LogP contribution in [0.15, 0.2) is 48.7 Å². The average Bonchev–Trinajstić information content (AvgIpc) is 3.35.